The molecule has 1 heterocycles. The van der Waals surface area contributed by atoms with E-state index in [1.54, 1.807) is 18.5 Å². The molecule has 0 aliphatic rings. The van der Waals surface area contributed by atoms with Crippen LogP contribution in [-0.2, 0) is 6.42 Å². The molecule has 2 aromatic rings. The maximum atomic E-state index is 13.4. The van der Waals surface area contributed by atoms with Crippen LogP contribution in [0.3, 0.4) is 0 Å². The summed E-state index contributed by atoms with van der Waals surface area (Å²) in [5.41, 5.74) is 6.93. The smallest absolute Gasteiger partial charge is 0.128 e. The number of benzene rings is 1. The molecular formula is C16H15FN2O. The van der Waals surface area contributed by atoms with Crippen molar-refractivity contribution in [3.63, 3.8) is 0 Å². The lowest BCUT2D eigenvalue weighted by Crippen LogP contribution is -2.02. The predicted molar refractivity (Wildman–Crippen MR) is 75.8 cm³/mol. The average Bonchev–Trinajstić information content (AvgIpc) is 2.46. The van der Waals surface area contributed by atoms with Gasteiger partial charge in [0.2, 0.25) is 0 Å². The van der Waals surface area contributed by atoms with E-state index in [4.69, 9.17) is 10.5 Å². The predicted octanol–water partition coefficient (Wildman–Crippen LogP) is 2.15. The van der Waals surface area contributed by atoms with Crippen LogP contribution in [0.25, 0.3) is 0 Å². The number of aromatic nitrogens is 1. The van der Waals surface area contributed by atoms with Gasteiger partial charge < -0.3 is 10.5 Å². The van der Waals surface area contributed by atoms with Crippen molar-refractivity contribution in [2.45, 2.75) is 6.42 Å². The number of hydrogen-bond acceptors (Lipinski definition) is 3. The van der Waals surface area contributed by atoms with Gasteiger partial charge in [-0.15, -0.1) is 0 Å². The van der Waals surface area contributed by atoms with E-state index in [1.807, 2.05) is 12.1 Å². The van der Waals surface area contributed by atoms with Gasteiger partial charge >= 0.3 is 0 Å². The highest BCUT2D eigenvalue weighted by molar-refractivity contribution is 5.40. The zero-order chi connectivity index (χ0) is 14.2. The van der Waals surface area contributed by atoms with Gasteiger partial charge in [-0.1, -0.05) is 17.9 Å². The van der Waals surface area contributed by atoms with Gasteiger partial charge in [0.05, 0.1) is 13.2 Å². The largest absolute Gasteiger partial charge is 0.493 e. The molecule has 0 aliphatic carbocycles. The standard InChI is InChI=1S/C16H15FN2O/c17-15-9-14(3-1-6-18)10-16(11-15)20-8-5-13-4-2-7-19-12-13/h2,4,7,9-12H,5-6,8,18H2. The molecular weight excluding hydrogens is 255 g/mol. The summed E-state index contributed by atoms with van der Waals surface area (Å²) in [5, 5.41) is 0. The van der Waals surface area contributed by atoms with E-state index >= 15 is 0 Å². The second-order valence-electron chi connectivity index (χ2n) is 4.14. The zero-order valence-electron chi connectivity index (χ0n) is 11.0. The summed E-state index contributed by atoms with van der Waals surface area (Å²) in [4.78, 5) is 4.03. The van der Waals surface area contributed by atoms with Crippen molar-refractivity contribution in [1.29, 1.82) is 0 Å². The summed E-state index contributed by atoms with van der Waals surface area (Å²) in [5.74, 6) is 5.57. The Hall–Kier alpha value is -2.38. The van der Waals surface area contributed by atoms with Crippen molar-refractivity contribution in [2.75, 3.05) is 13.2 Å². The summed E-state index contributed by atoms with van der Waals surface area (Å²) in [6, 6.07) is 8.25. The molecule has 0 spiro atoms. The molecule has 0 amide bonds. The third-order valence-electron chi connectivity index (χ3n) is 2.59. The van der Waals surface area contributed by atoms with E-state index < -0.39 is 0 Å². The first kappa shape index (κ1) is 14.0. The van der Waals surface area contributed by atoms with Crippen LogP contribution in [0.4, 0.5) is 4.39 Å². The van der Waals surface area contributed by atoms with Gasteiger partial charge in [-0.2, -0.15) is 0 Å². The van der Waals surface area contributed by atoms with E-state index in [1.165, 1.54) is 12.1 Å². The Morgan fingerprint density at radius 3 is 2.95 bits per heavy atom. The van der Waals surface area contributed by atoms with E-state index in [-0.39, 0.29) is 12.4 Å². The molecule has 0 unspecified atom stereocenters. The molecule has 0 saturated heterocycles. The van der Waals surface area contributed by atoms with Crippen LogP contribution < -0.4 is 10.5 Å². The zero-order valence-corrected chi connectivity index (χ0v) is 11.0. The Labute approximate surface area is 117 Å². The minimum absolute atomic E-state index is 0.244. The number of nitrogens with zero attached hydrogens (tertiary/aromatic N) is 1. The number of ether oxygens (including phenoxy) is 1. The normalized spacial score (nSPS) is 9.70. The first-order valence-corrected chi connectivity index (χ1v) is 6.29. The van der Waals surface area contributed by atoms with Crippen LogP contribution in [0.15, 0.2) is 42.7 Å². The molecule has 0 atom stereocenters. The Morgan fingerprint density at radius 1 is 1.30 bits per heavy atom. The van der Waals surface area contributed by atoms with Crippen LogP contribution in [0.1, 0.15) is 11.1 Å². The molecule has 20 heavy (non-hydrogen) atoms. The quantitative estimate of drug-likeness (QED) is 0.866. The Balaban J connectivity index is 1.97. The van der Waals surface area contributed by atoms with E-state index in [2.05, 4.69) is 16.8 Å². The van der Waals surface area contributed by atoms with Crippen molar-refractivity contribution < 1.29 is 9.13 Å². The van der Waals surface area contributed by atoms with Gasteiger partial charge in [0, 0.05) is 30.4 Å². The lowest BCUT2D eigenvalue weighted by molar-refractivity contribution is 0.320. The van der Waals surface area contributed by atoms with E-state index in [0.717, 1.165) is 5.56 Å². The Morgan fingerprint density at radius 2 is 2.20 bits per heavy atom. The van der Waals surface area contributed by atoms with E-state index in [0.29, 0.717) is 24.3 Å². The fourth-order valence-corrected chi connectivity index (χ4v) is 1.70. The minimum Gasteiger partial charge on any atom is -0.493 e. The lowest BCUT2D eigenvalue weighted by atomic mass is 10.2. The minimum atomic E-state index is -0.370. The van der Waals surface area contributed by atoms with Crippen LogP contribution >= 0.6 is 0 Å². The van der Waals surface area contributed by atoms with Gasteiger partial charge in [0.15, 0.2) is 0 Å². The van der Waals surface area contributed by atoms with Crippen molar-refractivity contribution in [3.05, 3.63) is 59.7 Å². The molecule has 1 aromatic carbocycles. The summed E-state index contributed by atoms with van der Waals surface area (Å²) in [6.07, 6.45) is 4.22. The SMILES string of the molecule is NCC#Cc1cc(F)cc(OCCc2cccnc2)c1. The van der Waals surface area contributed by atoms with Crippen molar-refractivity contribution in [2.24, 2.45) is 5.73 Å². The summed E-state index contributed by atoms with van der Waals surface area (Å²) in [6.45, 7) is 0.701. The third kappa shape index (κ3) is 4.38. The highest BCUT2D eigenvalue weighted by Crippen LogP contribution is 2.16. The molecule has 2 rings (SSSR count). The van der Waals surface area contributed by atoms with E-state index in [9.17, 15) is 4.39 Å². The number of nitrogens with two attached hydrogens (primary N) is 1. The van der Waals surface area contributed by atoms with Gasteiger partial charge in [0.25, 0.3) is 0 Å². The Bertz CT molecular complexity index is 617. The first-order chi connectivity index (χ1) is 9.78. The third-order valence-corrected chi connectivity index (χ3v) is 2.59. The number of pyridine rings is 1. The van der Waals surface area contributed by atoms with Crippen LogP contribution in [0.5, 0.6) is 5.75 Å². The molecule has 2 N–H and O–H groups in total. The number of halogens is 1. The molecule has 102 valence electrons. The summed E-state index contributed by atoms with van der Waals surface area (Å²) >= 11 is 0. The highest BCUT2D eigenvalue weighted by Gasteiger charge is 2.01. The molecule has 0 aliphatic heterocycles. The second kappa shape index (κ2) is 7.27. The molecule has 0 fully saturated rings. The average molecular weight is 270 g/mol. The molecule has 3 nitrogen and oxygen atoms in total. The molecule has 0 saturated carbocycles. The molecule has 1 aromatic heterocycles. The number of hydrogen-bond donors (Lipinski definition) is 1. The second-order valence-corrected chi connectivity index (χ2v) is 4.14. The topological polar surface area (TPSA) is 48.1 Å². The summed E-state index contributed by atoms with van der Waals surface area (Å²) < 4.78 is 19.0. The lowest BCUT2D eigenvalue weighted by Gasteiger charge is -2.07. The maximum absolute atomic E-state index is 13.4. The van der Waals surface area contributed by atoms with Crippen LogP contribution in [0.2, 0.25) is 0 Å². The van der Waals surface area contributed by atoms with Crippen molar-refractivity contribution >= 4 is 0 Å². The first-order valence-electron chi connectivity index (χ1n) is 6.29. The van der Waals surface area contributed by atoms with Crippen LogP contribution in [0, 0.1) is 17.7 Å². The van der Waals surface area contributed by atoms with Crippen LogP contribution in [-0.4, -0.2) is 18.1 Å². The highest BCUT2D eigenvalue weighted by atomic mass is 19.1. The van der Waals surface area contributed by atoms with Gasteiger partial charge in [0.1, 0.15) is 11.6 Å². The summed E-state index contributed by atoms with van der Waals surface area (Å²) in [7, 11) is 0. The molecule has 0 radical (unpaired) electrons. The fourth-order valence-electron chi connectivity index (χ4n) is 1.70. The maximum Gasteiger partial charge on any atom is 0.128 e. The van der Waals surface area contributed by atoms with Gasteiger partial charge in [-0.05, 0) is 23.8 Å². The van der Waals surface area contributed by atoms with Gasteiger partial charge in [-0.3, -0.25) is 4.98 Å². The Kier molecular flexibility index (Phi) is 5.10. The monoisotopic (exact) mass is 270 g/mol. The molecule has 4 heteroatoms. The number of rotatable bonds is 4. The van der Waals surface area contributed by atoms with Gasteiger partial charge in [-0.25, -0.2) is 4.39 Å². The fraction of sp³-hybridized carbons (Fsp3) is 0.188. The molecule has 0 bridgehead atoms. The van der Waals surface area contributed by atoms with Crippen molar-refractivity contribution in [1.82, 2.24) is 4.98 Å². The van der Waals surface area contributed by atoms with Crippen molar-refractivity contribution in [3.8, 4) is 17.6 Å².